The van der Waals surface area contributed by atoms with E-state index in [9.17, 15) is 14.4 Å². The van der Waals surface area contributed by atoms with Gasteiger partial charge in [0.05, 0.1) is 21.7 Å². The van der Waals surface area contributed by atoms with Crippen molar-refractivity contribution in [3.63, 3.8) is 0 Å². The number of halogens is 2. The molecule has 0 aliphatic heterocycles. The normalized spacial score (nSPS) is 10.5. The monoisotopic (exact) mass is 490 g/mol. The van der Waals surface area contributed by atoms with Gasteiger partial charge in [0.25, 0.3) is 5.91 Å². The van der Waals surface area contributed by atoms with Gasteiger partial charge in [0.1, 0.15) is 0 Å². The van der Waals surface area contributed by atoms with E-state index in [2.05, 4.69) is 26.3 Å². The van der Waals surface area contributed by atoms with Crippen LogP contribution in [0.25, 0.3) is 0 Å². The van der Waals surface area contributed by atoms with Crippen molar-refractivity contribution in [2.24, 2.45) is 5.73 Å². The molecule has 1 heterocycles. The number of nitrogens with zero attached hydrogens (tertiary/aromatic N) is 2. The number of hydrogen-bond acceptors (Lipinski definition) is 5. The zero-order valence-corrected chi connectivity index (χ0v) is 17.8. The van der Waals surface area contributed by atoms with E-state index in [1.807, 2.05) is 30.3 Å². The summed E-state index contributed by atoms with van der Waals surface area (Å²) in [4.78, 5) is 36.8. The van der Waals surface area contributed by atoms with Crippen molar-refractivity contribution in [1.29, 1.82) is 0 Å². The Kier molecular flexibility index (Phi) is 6.86. The van der Waals surface area contributed by atoms with Gasteiger partial charge in [0.15, 0.2) is 11.5 Å². The third-order valence-electron chi connectivity index (χ3n) is 4.05. The average Bonchev–Trinajstić information content (AvgIpc) is 3.05. The minimum Gasteiger partial charge on any atom is -0.461 e. The Balaban J connectivity index is 1.78. The highest BCUT2D eigenvalue weighted by Crippen LogP contribution is 2.28. The molecule has 0 saturated carbocycles. The summed E-state index contributed by atoms with van der Waals surface area (Å²) >= 11 is 9.22. The molecule has 0 unspecified atom stereocenters. The maximum Gasteiger partial charge on any atom is 0.360 e. The molecule has 0 aliphatic rings. The second-order valence-electron chi connectivity index (χ2n) is 6.07. The smallest absolute Gasteiger partial charge is 0.360 e. The standard InChI is InChI=1S/C20H16BrClN4O4/c21-15-16(19(28)30-11-10-12-6-2-1-3-7-12)25-26(20(23)29)17(15)24-18(27)13-8-4-5-9-14(13)22/h1-9H,10-11H2,(H2,23,29)(H,24,27). The fourth-order valence-electron chi connectivity index (χ4n) is 2.59. The van der Waals surface area contributed by atoms with Crippen LogP contribution < -0.4 is 11.1 Å². The topological polar surface area (TPSA) is 116 Å². The molecule has 154 valence electrons. The number of carbonyl (C=O) groups is 3. The number of anilines is 1. The van der Waals surface area contributed by atoms with E-state index in [0.717, 1.165) is 5.56 Å². The summed E-state index contributed by atoms with van der Waals surface area (Å²) in [6, 6.07) is 14.9. The molecular weight excluding hydrogens is 476 g/mol. The van der Waals surface area contributed by atoms with E-state index >= 15 is 0 Å². The fourth-order valence-corrected chi connectivity index (χ4v) is 3.32. The molecule has 0 bridgehead atoms. The lowest BCUT2D eigenvalue weighted by atomic mass is 10.2. The number of ether oxygens (including phenoxy) is 1. The number of rotatable bonds is 6. The molecule has 30 heavy (non-hydrogen) atoms. The maximum atomic E-state index is 12.5. The van der Waals surface area contributed by atoms with E-state index in [0.29, 0.717) is 11.1 Å². The predicted octanol–water partition coefficient (Wildman–Crippen LogP) is 3.88. The van der Waals surface area contributed by atoms with Crippen molar-refractivity contribution in [3.05, 3.63) is 80.9 Å². The number of primary amides is 1. The number of nitrogens with two attached hydrogens (primary N) is 1. The highest BCUT2D eigenvalue weighted by atomic mass is 79.9. The minimum atomic E-state index is -0.992. The molecule has 0 spiro atoms. The number of benzene rings is 2. The first-order valence-electron chi connectivity index (χ1n) is 8.73. The van der Waals surface area contributed by atoms with Crippen LogP contribution in [0.1, 0.15) is 26.4 Å². The van der Waals surface area contributed by atoms with E-state index in [1.54, 1.807) is 18.2 Å². The first-order valence-corrected chi connectivity index (χ1v) is 9.91. The maximum absolute atomic E-state index is 12.5. The van der Waals surface area contributed by atoms with E-state index < -0.39 is 17.9 Å². The van der Waals surface area contributed by atoms with Gasteiger partial charge >= 0.3 is 12.0 Å². The first kappa shape index (κ1) is 21.5. The predicted molar refractivity (Wildman–Crippen MR) is 115 cm³/mol. The van der Waals surface area contributed by atoms with Crippen LogP contribution in [0.5, 0.6) is 0 Å². The van der Waals surface area contributed by atoms with Gasteiger partial charge in [-0.2, -0.15) is 9.78 Å². The number of hydrogen-bond donors (Lipinski definition) is 2. The average molecular weight is 492 g/mol. The third-order valence-corrected chi connectivity index (χ3v) is 5.13. The number of esters is 1. The second kappa shape index (κ2) is 9.55. The molecule has 2 aromatic carbocycles. The summed E-state index contributed by atoms with van der Waals surface area (Å²) < 4.78 is 6.00. The van der Waals surface area contributed by atoms with Crippen molar-refractivity contribution < 1.29 is 19.1 Å². The van der Waals surface area contributed by atoms with Crippen LogP contribution in [-0.4, -0.2) is 34.3 Å². The lowest BCUT2D eigenvalue weighted by Crippen LogP contribution is -2.25. The molecule has 3 aromatic rings. The van der Waals surface area contributed by atoms with Crippen LogP contribution in [0.15, 0.2) is 59.1 Å². The molecule has 1 aromatic heterocycles. The van der Waals surface area contributed by atoms with E-state index in [-0.39, 0.29) is 33.2 Å². The van der Waals surface area contributed by atoms with Crippen molar-refractivity contribution in [2.45, 2.75) is 6.42 Å². The molecule has 3 rings (SSSR count). The Bertz CT molecular complexity index is 1100. The lowest BCUT2D eigenvalue weighted by molar-refractivity contribution is 0.0500. The highest BCUT2D eigenvalue weighted by molar-refractivity contribution is 9.10. The van der Waals surface area contributed by atoms with Gasteiger partial charge in [-0.1, -0.05) is 54.1 Å². The van der Waals surface area contributed by atoms with E-state index in [1.165, 1.54) is 6.07 Å². The summed E-state index contributed by atoms with van der Waals surface area (Å²) in [7, 11) is 0. The van der Waals surface area contributed by atoms with Crippen molar-refractivity contribution >= 4 is 51.3 Å². The van der Waals surface area contributed by atoms with Crippen molar-refractivity contribution in [3.8, 4) is 0 Å². The van der Waals surface area contributed by atoms with Gasteiger partial charge < -0.3 is 15.8 Å². The highest BCUT2D eigenvalue weighted by Gasteiger charge is 2.26. The molecule has 3 N–H and O–H groups in total. The molecule has 0 aliphatic carbocycles. The molecular formula is C20H16BrClN4O4. The number of amides is 2. The molecule has 8 nitrogen and oxygen atoms in total. The Labute approximate surface area is 185 Å². The molecule has 2 amide bonds. The van der Waals surface area contributed by atoms with Gasteiger partial charge in [-0.25, -0.2) is 9.59 Å². The zero-order valence-electron chi connectivity index (χ0n) is 15.5. The molecule has 0 fully saturated rings. The Morgan fingerprint density at radius 1 is 1.10 bits per heavy atom. The van der Waals surface area contributed by atoms with Crippen molar-refractivity contribution in [1.82, 2.24) is 9.78 Å². The fraction of sp³-hybridized carbons (Fsp3) is 0.100. The number of nitrogens with one attached hydrogen (secondary N) is 1. The quantitative estimate of drug-likeness (QED) is 0.508. The molecule has 10 heteroatoms. The van der Waals surface area contributed by atoms with Crippen LogP contribution >= 0.6 is 27.5 Å². The second-order valence-corrected chi connectivity index (χ2v) is 7.27. The Morgan fingerprint density at radius 3 is 2.43 bits per heavy atom. The summed E-state index contributed by atoms with van der Waals surface area (Å²) in [6.07, 6.45) is 0.511. The zero-order chi connectivity index (χ0) is 21.7. The summed E-state index contributed by atoms with van der Waals surface area (Å²) in [5.41, 5.74) is 6.31. The SMILES string of the molecule is NC(=O)n1nc(C(=O)OCCc2ccccc2)c(Br)c1NC(=O)c1ccccc1Cl. The van der Waals surface area contributed by atoms with Crippen LogP contribution in [0, 0.1) is 0 Å². The van der Waals surface area contributed by atoms with Gasteiger partial charge in [-0.3, -0.25) is 4.79 Å². The van der Waals surface area contributed by atoms with Crippen LogP contribution in [0.3, 0.4) is 0 Å². The molecule has 0 atom stereocenters. The number of aromatic nitrogens is 2. The van der Waals surface area contributed by atoms with Crippen LogP contribution in [0.4, 0.5) is 10.6 Å². The van der Waals surface area contributed by atoms with Crippen LogP contribution in [-0.2, 0) is 11.2 Å². The van der Waals surface area contributed by atoms with Gasteiger partial charge in [0.2, 0.25) is 0 Å². The van der Waals surface area contributed by atoms with Crippen LogP contribution in [0.2, 0.25) is 5.02 Å². The molecule has 0 radical (unpaired) electrons. The number of carbonyl (C=O) groups excluding carboxylic acids is 3. The van der Waals surface area contributed by atoms with Crippen molar-refractivity contribution in [2.75, 3.05) is 11.9 Å². The third kappa shape index (κ3) is 4.87. The summed E-state index contributed by atoms with van der Waals surface area (Å²) in [6.45, 7) is 0.111. The summed E-state index contributed by atoms with van der Waals surface area (Å²) in [5.74, 6) is -1.49. The van der Waals surface area contributed by atoms with Gasteiger partial charge in [0, 0.05) is 6.42 Å². The Morgan fingerprint density at radius 2 is 1.77 bits per heavy atom. The van der Waals surface area contributed by atoms with E-state index in [4.69, 9.17) is 22.1 Å². The lowest BCUT2D eigenvalue weighted by Gasteiger charge is -2.08. The van der Waals surface area contributed by atoms with Gasteiger partial charge in [-0.15, -0.1) is 0 Å². The largest absolute Gasteiger partial charge is 0.461 e. The minimum absolute atomic E-state index is 0.0615. The molecule has 0 saturated heterocycles. The van der Waals surface area contributed by atoms with Gasteiger partial charge in [-0.05, 0) is 33.6 Å². The first-order chi connectivity index (χ1) is 14.4. The summed E-state index contributed by atoms with van der Waals surface area (Å²) in [5, 5.41) is 6.59. The Hall–Kier alpha value is -3.17.